The van der Waals surface area contributed by atoms with Crippen LogP contribution in [0, 0.1) is 0 Å². The molecule has 1 aliphatic rings. The summed E-state index contributed by atoms with van der Waals surface area (Å²) >= 11 is 0. The lowest BCUT2D eigenvalue weighted by molar-refractivity contribution is -0.132. The van der Waals surface area contributed by atoms with Crippen LogP contribution in [-0.2, 0) is 0 Å². The molecule has 0 heterocycles. The fraction of sp³-hybridized carbons (Fsp3) is 0.923. The molecule has 0 aromatic carbocycles. The van der Waals surface area contributed by atoms with Crippen molar-refractivity contribution in [1.29, 1.82) is 0 Å². The van der Waals surface area contributed by atoms with Crippen molar-refractivity contribution < 1.29 is 18.3 Å². The number of halogens is 4. The van der Waals surface area contributed by atoms with Gasteiger partial charge in [-0.3, -0.25) is 4.99 Å². The first-order valence-electron chi connectivity index (χ1n) is 7.16. The summed E-state index contributed by atoms with van der Waals surface area (Å²) in [7, 11) is 0. The van der Waals surface area contributed by atoms with Gasteiger partial charge in [0, 0.05) is 13.1 Å². The van der Waals surface area contributed by atoms with Gasteiger partial charge in [-0.05, 0) is 19.8 Å². The number of aliphatic hydroxyl groups is 1. The molecule has 8 heteroatoms. The average molecular weight is 423 g/mol. The average Bonchev–Trinajstić information content (AvgIpc) is 2.35. The third kappa shape index (κ3) is 9.38. The fourth-order valence-electron chi connectivity index (χ4n) is 2.26. The quantitative estimate of drug-likeness (QED) is 0.362. The summed E-state index contributed by atoms with van der Waals surface area (Å²) in [6.45, 7) is 2.43. The van der Waals surface area contributed by atoms with Crippen LogP contribution in [0.3, 0.4) is 0 Å². The lowest BCUT2D eigenvalue weighted by Crippen LogP contribution is -2.41. The summed E-state index contributed by atoms with van der Waals surface area (Å²) in [5.41, 5.74) is -0.801. The van der Waals surface area contributed by atoms with Crippen molar-refractivity contribution in [3.05, 3.63) is 0 Å². The zero-order valence-electron chi connectivity index (χ0n) is 12.3. The van der Waals surface area contributed by atoms with Crippen molar-refractivity contribution in [1.82, 2.24) is 10.6 Å². The maximum absolute atomic E-state index is 12.1. The molecular formula is C13H25F3IN3O. The van der Waals surface area contributed by atoms with E-state index in [1.807, 2.05) is 6.92 Å². The largest absolute Gasteiger partial charge is 0.390 e. The molecule has 0 unspecified atom stereocenters. The summed E-state index contributed by atoms with van der Waals surface area (Å²) in [4.78, 5) is 4.21. The molecule has 0 spiro atoms. The molecule has 4 nitrogen and oxygen atoms in total. The Kier molecular flexibility index (Phi) is 9.59. The molecule has 21 heavy (non-hydrogen) atoms. The maximum Gasteiger partial charge on any atom is 0.390 e. The SMILES string of the molecule is CCNC(=NCC1(O)CCCCC1)NCCC(F)(F)F.I. The van der Waals surface area contributed by atoms with Crippen molar-refractivity contribution in [3.8, 4) is 0 Å². The van der Waals surface area contributed by atoms with E-state index < -0.39 is 18.2 Å². The zero-order chi connectivity index (χ0) is 15.1. The molecule has 0 radical (unpaired) electrons. The van der Waals surface area contributed by atoms with Crippen LogP contribution in [0.1, 0.15) is 45.4 Å². The number of aliphatic imine (C=N–C) groups is 1. The number of hydrogen-bond acceptors (Lipinski definition) is 2. The van der Waals surface area contributed by atoms with Crippen LogP contribution in [0.5, 0.6) is 0 Å². The number of hydrogen-bond donors (Lipinski definition) is 3. The molecule has 0 saturated heterocycles. The van der Waals surface area contributed by atoms with Crippen LogP contribution in [0.25, 0.3) is 0 Å². The number of rotatable bonds is 5. The van der Waals surface area contributed by atoms with Gasteiger partial charge < -0.3 is 15.7 Å². The number of guanidine groups is 1. The molecule has 0 aromatic rings. The Morgan fingerprint density at radius 1 is 1.19 bits per heavy atom. The highest BCUT2D eigenvalue weighted by Crippen LogP contribution is 2.28. The summed E-state index contributed by atoms with van der Waals surface area (Å²) in [5, 5.41) is 15.8. The van der Waals surface area contributed by atoms with Crippen LogP contribution >= 0.6 is 24.0 Å². The molecule has 126 valence electrons. The second kappa shape index (κ2) is 9.70. The minimum absolute atomic E-state index is 0. The highest BCUT2D eigenvalue weighted by atomic mass is 127. The molecular weight excluding hydrogens is 398 g/mol. The van der Waals surface area contributed by atoms with Crippen LogP contribution in [-0.4, -0.2) is 42.5 Å². The summed E-state index contributed by atoms with van der Waals surface area (Å²) in [5.74, 6) is 0.329. The van der Waals surface area contributed by atoms with E-state index in [1.54, 1.807) is 0 Å². The normalized spacial score (nSPS) is 18.8. The van der Waals surface area contributed by atoms with E-state index in [4.69, 9.17) is 0 Å². The first-order chi connectivity index (χ1) is 9.35. The van der Waals surface area contributed by atoms with E-state index >= 15 is 0 Å². The molecule has 0 aliphatic heterocycles. The van der Waals surface area contributed by atoms with E-state index in [2.05, 4.69) is 15.6 Å². The Labute approximate surface area is 141 Å². The van der Waals surface area contributed by atoms with Gasteiger partial charge >= 0.3 is 6.18 Å². The zero-order valence-corrected chi connectivity index (χ0v) is 14.6. The first kappa shape index (κ1) is 20.8. The minimum atomic E-state index is -4.17. The Hall–Kier alpha value is -0.250. The second-order valence-electron chi connectivity index (χ2n) is 5.27. The molecule has 0 bridgehead atoms. The standard InChI is InChI=1S/C13H24F3N3O.HI/c1-2-17-11(18-9-8-13(14,15)16)19-10-12(20)6-4-3-5-7-12;/h20H,2-10H2,1H3,(H2,17,18,19);1H. The Morgan fingerprint density at radius 3 is 2.33 bits per heavy atom. The Balaban J connectivity index is 0.00000400. The van der Waals surface area contributed by atoms with Crippen LogP contribution in [0.2, 0.25) is 0 Å². The van der Waals surface area contributed by atoms with Gasteiger partial charge in [0.15, 0.2) is 5.96 Å². The molecule has 1 saturated carbocycles. The van der Waals surface area contributed by atoms with Gasteiger partial charge in [0.1, 0.15) is 0 Å². The third-order valence-electron chi connectivity index (χ3n) is 3.36. The highest BCUT2D eigenvalue weighted by Gasteiger charge is 2.29. The van der Waals surface area contributed by atoms with E-state index in [9.17, 15) is 18.3 Å². The second-order valence-corrected chi connectivity index (χ2v) is 5.27. The van der Waals surface area contributed by atoms with Gasteiger partial charge in [0.05, 0.1) is 18.6 Å². The molecule has 1 fully saturated rings. The summed E-state index contributed by atoms with van der Waals surface area (Å²) in [6.07, 6.45) is -0.589. The molecule has 0 atom stereocenters. The maximum atomic E-state index is 12.1. The smallest absolute Gasteiger partial charge is 0.388 e. The van der Waals surface area contributed by atoms with Crippen LogP contribution in [0.15, 0.2) is 4.99 Å². The predicted molar refractivity (Wildman–Crippen MR) is 88.1 cm³/mol. The Morgan fingerprint density at radius 2 is 1.81 bits per heavy atom. The van der Waals surface area contributed by atoms with Crippen LogP contribution in [0.4, 0.5) is 13.2 Å². The molecule has 0 aromatic heterocycles. The van der Waals surface area contributed by atoms with Crippen LogP contribution < -0.4 is 10.6 Å². The number of nitrogens with zero attached hydrogens (tertiary/aromatic N) is 1. The molecule has 3 N–H and O–H groups in total. The summed E-state index contributed by atoms with van der Waals surface area (Å²) < 4.78 is 36.3. The molecule has 1 aliphatic carbocycles. The lowest BCUT2D eigenvalue weighted by atomic mass is 9.85. The van der Waals surface area contributed by atoms with Crippen molar-refractivity contribution >= 4 is 29.9 Å². The van der Waals surface area contributed by atoms with Gasteiger partial charge in [-0.15, -0.1) is 24.0 Å². The van der Waals surface area contributed by atoms with Gasteiger partial charge in [0.2, 0.25) is 0 Å². The van der Waals surface area contributed by atoms with Gasteiger partial charge in [0.25, 0.3) is 0 Å². The fourth-order valence-corrected chi connectivity index (χ4v) is 2.26. The molecule has 1 rings (SSSR count). The highest BCUT2D eigenvalue weighted by molar-refractivity contribution is 14.0. The molecule has 0 amide bonds. The third-order valence-corrected chi connectivity index (χ3v) is 3.36. The monoisotopic (exact) mass is 423 g/mol. The Bertz CT molecular complexity index is 318. The van der Waals surface area contributed by atoms with E-state index in [-0.39, 0.29) is 37.1 Å². The number of nitrogens with one attached hydrogen (secondary N) is 2. The van der Waals surface area contributed by atoms with Crippen molar-refractivity contribution in [2.24, 2.45) is 4.99 Å². The van der Waals surface area contributed by atoms with Crippen molar-refractivity contribution in [3.63, 3.8) is 0 Å². The van der Waals surface area contributed by atoms with E-state index in [0.29, 0.717) is 25.3 Å². The van der Waals surface area contributed by atoms with Gasteiger partial charge in [-0.2, -0.15) is 13.2 Å². The van der Waals surface area contributed by atoms with E-state index in [0.717, 1.165) is 19.3 Å². The van der Waals surface area contributed by atoms with E-state index in [1.165, 1.54) is 0 Å². The van der Waals surface area contributed by atoms with Gasteiger partial charge in [-0.25, -0.2) is 0 Å². The predicted octanol–water partition coefficient (Wildman–Crippen LogP) is 2.81. The topological polar surface area (TPSA) is 56.7 Å². The van der Waals surface area contributed by atoms with Crippen molar-refractivity contribution in [2.75, 3.05) is 19.6 Å². The number of alkyl halides is 3. The summed E-state index contributed by atoms with van der Waals surface area (Å²) in [6, 6.07) is 0. The minimum Gasteiger partial charge on any atom is -0.388 e. The first-order valence-corrected chi connectivity index (χ1v) is 7.16. The van der Waals surface area contributed by atoms with Crippen molar-refractivity contribution in [2.45, 2.75) is 57.2 Å². The lowest BCUT2D eigenvalue weighted by Gasteiger charge is -2.30. The van der Waals surface area contributed by atoms with Gasteiger partial charge in [-0.1, -0.05) is 19.3 Å².